The number of methoxy groups -OCH3 is 1. The number of carbonyl (C=O) groups excluding carboxylic acids is 1. The second-order valence-corrected chi connectivity index (χ2v) is 6.25. The zero-order valence-electron chi connectivity index (χ0n) is 11.2. The van der Waals surface area contributed by atoms with Crippen LogP contribution >= 0.6 is 0 Å². The molecule has 0 aliphatic heterocycles. The molecule has 94 valence electrons. The molecule has 0 spiro atoms. The third-order valence-corrected chi connectivity index (χ3v) is 3.80. The Bertz CT molecular complexity index is 263. The van der Waals surface area contributed by atoms with Gasteiger partial charge in [-0.15, -0.1) is 0 Å². The van der Waals surface area contributed by atoms with E-state index in [2.05, 4.69) is 37.7 Å². The largest absolute Gasteiger partial charge is 0.453 e. The summed E-state index contributed by atoms with van der Waals surface area (Å²) in [5.41, 5.74) is 0.641. The molecule has 0 aromatic rings. The van der Waals surface area contributed by atoms with Crippen molar-refractivity contribution < 1.29 is 9.53 Å². The smallest absolute Gasteiger partial charge is 0.407 e. The molecule has 3 nitrogen and oxygen atoms in total. The number of rotatable bonds is 2. The molecule has 1 rings (SSSR count). The Kier molecular flexibility index (Phi) is 3.87. The summed E-state index contributed by atoms with van der Waals surface area (Å²) in [5, 5.41) is 2.95. The molecular weight excluding hydrogens is 202 g/mol. The van der Waals surface area contributed by atoms with E-state index in [-0.39, 0.29) is 12.1 Å². The molecule has 16 heavy (non-hydrogen) atoms. The van der Waals surface area contributed by atoms with Crippen molar-refractivity contribution in [2.75, 3.05) is 7.11 Å². The van der Waals surface area contributed by atoms with Crippen LogP contribution in [0.25, 0.3) is 0 Å². The highest BCUT2D eigenvalue weighted by atomic mass is 16.5. The quantitative estimate of drug-likeness (QED) is 0.785. The average molecular weight is 227 g/mol. The second-order valence-electron chi connectivity index (χ2n) is 6.25. The molecule has 1 fully saturated rings. The highest BCUT2D eigenvalue weighted by Gasteiger charge is 2.40. The molecule has 0 heterocycles. The molecule has 0 bridgehead atoms. The lowest BCUT2D eigenvalue weighted by atomic mass is 9.62. The molecule has 0 aromatic carbocycles. The summed E-state index contributed by atoms with van der Waals surface area (Å²) in [5.74, 6) is 0. The summed E-state index contributed by atoms with van der Waals surface area (Å²) >= 11 is 0. The maximum Gasteiger partial charge on any atom is 0.407 e. The first-order valence-corrected chi connectivity index (χ1v) is 6.15. The monoisotopic (exact) mass is 227 g/mol. The third kappa shape index (κ3) is 3.39. The number of alkyl carbamates (subject to hydrolysis) is 1. The van der Waals surface area contributed by atoms with Crippen molar-refractivity contribution in [3.8, 4) is 0 Å². The summed E-state index contributed by atoms with van der Waals surface area (Å²) in [7, 11) is 1.42. The van der Waals surface area contributed by atoms with E-state index in [4.69, 9.17) is 0 Å². The van der Waals surface area contributed by atoms with Gasteiger partial charge in [-0.3, -0.25) is 0 Å². The van der Waals surface area contributed by atoms with Crippen LogP contribution < -0.4 is 5.32 Å². The summed E-state index contributed by atoms with van der Waals surface area (Å²) < 4.78 is 4.67. The molecule has 1 aliphatic carbocycles. The minimum absolute atomic E-state index is 0.251. The van der Waals surface area contributed by atoms with Gasteiger partial charge in [0.1, 0.15) is 0 Å². The second kappa shape index (κ2) is 4.64. The number of amides is 1. The zero-order valence-corrected chi connectivity index (χ0v) is 11.2. The first kappa shape index (κ1) is 13.3. The lowest BCUT2D eigenvalue weighted by Crippen LogP contribution is -2.46. The van der Waals surface area contributed by atoms with Crippen molar-refractivity contribution in [1.29, 1.82) is 0 Å². The van der Waals surface area contributed by atoms with E-state index in [1.807, 2.05) is 0 Å². The number of nitrogens with one attached hydrogen (secondary N) is 1. The third-order valence-electron chi connectivity index (χ3n) is 3.80. The Hall–Kier alpha value is -0.730. The van der Waals surface area contributed by atoms with E-state index >= 15 is 0 Å². The van der Waals surface area contributed by atoms with Crippen LogP contribution in [0.2, 0.25) is 0 Å². The molecule has 1 aliphatic rings. The van der Waals surface area contributed by atoms with E-state index in [1.165, 1.54) is 13.5 Å². The molecule has 2 atom stereocenters. The molecule has 2 unspecified atom stereocenters. The Balaban J connectivity index is 2.69. The molecule has 0 saturated heterocycles. The van der Waals surface area contributed by atoms with Gasteiger partial charge in [-0.25, -0.2) is 4.79 Å². The first-order chi connectivity index (χ1) is 7.30. The van der Waals surface area contributed by atoms with Crippen molar-refractivity contribution in [1.82, 2.24) is 5.32 Å². The Labute approximate surface area is 98.9 Å². The Morgan fingerprint density at radius 3 is 2.50 bits per heavy atom. The number of hydrogen-bond acceptors (Lipinski definition) is 2. The topological polar surface area (TPSA) is 38.3 Å². The molecule has 1 amide bonds. The lowest BCUT2D eigenvalue weighted by molar-refractivity contribution is 0.0654. The first-order valence-electron chi connectivity index (χ1n) is 6.15. The molecule has 0 aromatic heterocycles. The lowest BCUT2D eigenvalue weighted by Gasteiger charge is -2.46. The molecule has 1 saturated carbocycles. The highest BCUT2D eigenvalue weighted by molar-refractivity contribution is 5.67. The summed E-state index contributed by atoms with van der Waals surface area (Å²) in [4.78, 5) is 11.3. The van der Waals surface area contributed by atoms with Gasteiger partial charge in [-0.1, -0.05) is 34.1 Å². The van der Waals surface area contributed by atoms with Crippen LogP contribution in [0.1, 0.15) is 53.4 Å². The van der Waals surface area contributed by atoms with Crippen LogP contribution in [-0.4, -0.2) is 19.2 Å². The molecule has 3 heteroatoms. The summed E-state index contributed by atoms with van der Waals surface area (Å²) in [6.07, 6.45) is 4.19. The van der Waals surface area contributed by atoms with Gasteiger partial charge in [0.25, 0.3) is 0 Å². The van der Waals surface area contributed by atoms with Crippen molar-refractivity contribution in [3.05, 3.63) is 0 Å². The molecule has 1 N–H and O–H groups in total. The number of carbonyl (C=O) groups is 1. The predicted molar refractivity (Wildman–Crippen MR) is 65.4 cm³/mol. The van der Waals surface area contributed by atoms with Gasteiger partial charge < -0.3 is 10.1 Å². The maximum atomic E-state index is 11.3. The van der Waals surface area contributed by atoms with Gasteiger partial charge >= 0.3 is 6.09 Å². The highest BCUT2D eigenvalue weighted by Crippen LogP contribution is 2.47. The van der Waals surface area contributed by atoms with Crippen LogP contribution in [0.5, 0.6) is 0 Å². The van der Waals surface area contributed by atoms with Crippen LogP contribution in [0, 0.1) is 10.8 Å². The van der Waals surface area contributed by atoms with E-state index in [0.717, 1.165) is 19.3 Å². The normalized spacial score (nSPS) is 33.2. The van der Waals surface area contributed by atoms with Crippen LogP contribution in [-0.2, 0) is 4.74 Å². The Morgan fingerprint density at radius 2 is 2.00 bits per heavy atom. The SMILES string of the molecule is CCC1(C)CC(NC(=O)OC)CC(C)(C)C1. The summed E-state index contributed by atoms with van der Waals surface area (Å²) in [6, 6.07) is 0.251. The fourth-order valence-corrected chi connectivity index (χ4v) is 3.23. The number of hydrogen-bond donors (Lipinski definition) is 1. The minimum atomic E-state index is -0.304. The van der Waals surface area contributed by atoms with Crippen LogP contribution in [0.3, 0.4) is 0 Å². The van der Waals surface area contributed by atoms with E-state index in [9.17, 15) is 4.79 Å². The van der Waals surface area contributed by atoms with Crippen molar-refractivity contribution in [2.45, 2.75) is 59.4 Å². The van der Waals surface area contributed by atoms with Crippen LogP contribution in [0.4, 0.5) is 4.79 Å². The standard InChI is InChI=1S/C13H25NO2/c1-6-13(4)8-10(14-11(15)16-5)7-12(2,3)9-13/h10H,6-9H2,1-5H3,(H,14,15). The average Bonchev–Trinajstić information content (AvgIpc) is 2.14. The van der Waals surface area contributed by atoms with Gasteiger partial charge in [-0.2, -0.15) is 0 Å². The Morgan fingerprint density at radius 1 is 1.38 bits per heavy atom. The van der Waals surface area contributed by atoms with Gasteiger partial charge in [0.05, 0.1) is 7.11 Å². The zero-order chi connectivity index (χ0) is 12.4. The van der Waals surface area contributed by atoms with E-state index < -0.39 is 0 Å². The minimum Gasteiger partial charge on any atom is -0.453 e. The molecule has 0 radical (unpaired) electrons. The van der Waals surface area contributed by atoms with Gasteiger partial charge in [-0.05, 0) is 30.1 Å². The summed E-state index contributed by atoms with van der Waals surface area (Å²) in [6.45, 7) is 9.12. The van der Waals surface area contributed by atoms with Gasteiger partial charge in [0, 0.05) is 6.04 Å². The van der Waals surface area contributed by atoms with E-state index in [1.54, 1.807) is 0 Å². The molecular formula is C13H25NO2. The fourth-order valence-electron chi connectivity index (χ4n) is 3.23. The van der Waals surface area contributed by atoms with Gasteiger partial charge in [0.2, 0.25) is 0 Å². The predicted octanol–water partition coefficient (Wildman–Crippen LogP) is 3.34. The van der Waals surface area contributed by atoms with Crippen LogP contribution in [0.15, 0.2) is 0 Å². The van der Waals surface area contributed by atoms with Crippen molar-refractivity contribution in [2.24, 2.45) is 10.8 Å². The van der Waals surface area contributed by atoms with Gasteiger partial charge in [0.15, 0.2) is 0 Å². The maximum absolute atomic E-state index is 11.3. The van der Waals surface area contributed by atoms with Crippen molar-refractivity contribution in [3.63, 3.8) is 0 Å². The fraction of sp³-hybridized carbons (Fsp3) is 0.923. The van der Waals surface area contributed by atoms with Crippen molar-refractivity contribution >= 4 is 6.09 Å². The van der Waals surface area contributed by atoms with E-state index in [0.29, 0.717) is 10.8 Å². The number of ether oxygens (including phenoxy) is 1.